The fourth-order valence-corrected chi connectivity index (χ4v) is 2.65. The molecule has 1 aromatic rings. The van der Waals surface area contributed by atoms with Gasteiger partial charge in [-0.1, -0.05) is 13.0 Å². The highest BCUT2D eigenvalue weighted by Crippen LogP contribution is 2.16. The molecule has 2 rings (SSSR count). The summed E-state index contributed by atoms with van der Waals surface area (Å²) < 4.78 is 13.6. The van der Waals surface area contributed by atoms with E-state index in [1.54, 1.807) is 17.0 Å². The molecule has 0 radical (unpaired) electrons. The molecule has 2 N–H and O–H groups in total. The first-order valence-electron chi connectivity index (χ1n) is 8.06. The van der Waals surface area contributed by atoms with E-state index in [-0.39, 0.29) is 30.3 Å². The first kappa shape index (κ1) is 17.4. The maximum Gasteiger partial charge on any atom is 0.224 e. The van der Waals surface area contributed by atoms with Gasteiger partial charge in [0.05, 0.1) is 5.69 Å². The predicted molar refractivity (Wildman–Crippen MR) is 87.7 cm³/mol. The minimum absolute atomic E-state index is 0.0233. The van der Waals surface area contributed by atoms with Crippen LogP contribution in [0.4, 0.5) is 10.1 Å². The highest BCUT2D eigenvalue weighted by molar-refractivity contribution is 5.93. The molecule has 6 heteroatoms. The average molecular weight is 321 g/mol. The zero-order chi connectivity index (χ0) is 16.8. The van der Waals surface area contributed by atoms with E-state index < -0.39 is 5.82 Å². The Morgan fingerprint density at radius 3 is 2.91 bits per heavy atom. The molecular weight excluding hydrogens is 297 g/mol. The van der Waals surface area contributed by atoms with Gasteiger partial charge in [0.25, 0.3) is 0 Å². The number of carbonyl (C=O) groups is 2. The molecule has 0 unspecified atom stereocenters. The van der Waals surface area contributed by atoms with Crippen LogP contribution in [0.2, 0.25) is 0 Å². The molecule has 1 heterocycles. The van der Waals surface area contributed by atoms with Gasteiger partial charge in [-0.15, -0.1) is 0 Å². The molecule has 5 nitrogen and oxygen atoms in total. The minimum atomic E-state index is -0.469. The Morgan fingerprint density at radius 2 is 2.17 bits per heavy atom. The van der Waals surface area contributed by atoms with Gasteiger partial charge in [0.1, 0.15) is 5.82 Å². The van der Waals surface area contributed by atoms with Gasteiger partial charge in [0.2, 0.25) is 11.8 Å². The second-order valence-corrected chi connectivity index (χ2v) is 5.93. The summed E-state index contributed by atoms with van der Waals surface area (Å²) in [4.78, 5) is 25.9. The number of hydrogen-bond acceptors (Lipinski definition) is 3. The van der Waals surface area contributed by atoms with Gasteiger partial charge in [-0.25, -0.2) is 4.39 Å². The van der Waals surface area contributed by atoms with Gasteiger partial charge < -0.3 is 15.5 Å². The lowest BCUT2D eigenvalue weighted by molar-refractivity contribution is -0.134. The predicted octanol–water partition coefficient (Wildman–Crippen LogP) is 2.06. The largest absolute Gasteiger partial charge is 0.340 e. The lowest BCUT2D eigenvalue weighted by Gasteiger charge is -2.33. The van der Waals surface area contributed by atoms with Gasteiger partial charge >= 0.3 is 0 Å². The highest BCUT2D eigenvalue weighted by Gasteiger charge is 2.22. The number of amides is 2. The maximum atomic E-state index is 13.6. The molecule has 1 aromatic carbocycles. The molecule has 0 aromatic heterocycles. The number of halogens is 1. The van der Waals surface area contributed by atoms with Gasteiger partial charge in [-0.05, 0) is 31.0 Å². The Kier molecular flexibility index (Phi) is 6.10. The van der Waals surface area contributed by atoms with Crippen LogP contribution in [0.3, 0.4) is 0 Å². The third-order valence-corrected chi connectivity index (χ3v) is 4.06. The average Bonchev–Trinajstić information content (AvgIpc) is 2.56. The van der Waals surface area contributed by atoms with E-state index in [2.05, 4.69) is 17.6 Å². The summed E-state index contributed by atoms with van der Waals surface area (Å²) in [7, 11) is 0. The van der Waals surface area contributed by atoms with Crippen molar-refractivity contribution >= 4 is 17.5 Å². The normalized spacial score (nSPS) is 17.9. The van der Waals surface area contributed by atoms with Crippen LogP contribution < -0.4 is 10.6 Å². The van der Waals surface area contributed by atoms with Crippen molar-refractivity contribution in [1.82, 2.24) is 10.2 Å². The first-order valence-corrected chi connectivity index (χ1v) is 8.06. The Labute approximate surface area is 136 Å². The third-order valence-electron chi connectivity index (χ3n) is 4.06. The van der Waals surface area contributed by atoms with Gasteiger partial charge in [-0.3, -0.25) is 9.59 Å². The molecule has 1 fully saturated rings. The zero-order valence-electron chi connectivity index (χ0n) is 13.7. The third kappa shape index (κ3) is 5.03. The smallest absolute Gasteiger partial charge is 0.224 e. The van der Waals surface area contributed by atoms with Crippen LogP contribution in [-0.4, -0.2) is 42.4 Å². The number of aryl methyl sites for hydroxylation is 1. The summed E-state index contributed by atoms with van der Waals surface area (Å²) in [6.07, 6.45) is 1.18. The van der Waals surface area contributed by atoms with E-state index in [1.165, 1.54) is 6.07 Å². The summed E-state index contributed by atoms with van der Waals surface area (Å²) in [6.45, 7) is 6.04. The fourth-order valence-electron chi connectivity index (χ4n) is 2.65. The van der Waals surface area contributed by atoms with Crippen molar-refractivity contribution in [2.75, 3.05) is 25.0 Å². The van der Waals surface area contributed by atoms with Crippen molar-refractivity contribution < 1.29 is 14.0 Å². The standard InChI is InChI=1S/C17H24FN3O2/c1-3-13-11-21(9-8-19-13)17(23)7-6-16(22)20-15-10-12(2)4-5-14(15)18/h4-5,10,13,19H,3,6-9,11H2,1-2H3,(H,20,22)/t13-/m1/s1. The van der Waals surface area contributed by atoms with E-state index in [1.807, 2.05) is 6.92 Å². The Morgan fingerprint density at radius 1 is 1.39 bits per heavy atom. The minimum Gasteiger partial charge on any atom is -0.340 e. The first-order chi connectivity index (χ1) is 11.0. The number of piperazine rings is 1. The second-order valence-electron chi connectivity index (χ2n) is 5.93. The highest BCUT2D eigenvalue weighted by atomic mass is 19.1. The number of benzene rings is 1. The lowest BCUT2D eigenvalue weighted by atomic mass is 10.1. The fraction of sp³-hybridized carbons (Fsp3) is 0.529. The van der Waals surface area contributed by atoms with Crippen molar-refractivity contribution in [2.45, 2.75) is 39.2 Å². The molecule has 1 saturated heterocycles. The van der Waals surface area contributed by atoms with Crippen molar-refractivity contribution in [3.05, 3.63) is 29.6 Å². The SMILES string of the molecule is CC[C@@H]1CN(C(=O)CCC(=O)Nc2cc(C)ccc2F)CCN1. The molecule has 1 aliphatic heterocycles. The lowest BCUT2D eigenvalue weighted by Crippen LogP contribution is -2.52. The number of carbonyl (C=O) groups excluding carboxylic acids is 2. The summed E-state index contributed by atoms with van der Waals surface area (Å²) >= 11 is 0. The van der Waals surface area contributed by atoms with Crippen molar-refractivity contribution in [3.8, 4) is 0 Å². The van der Waals surface area contributed by atoms with Crippen LogP contribution in [0.1, 0.15) is 31.7 Å². The summed E-state index contributed by atoms with van der Waals surface area (Å²) in [5, 5.41) is 5.88. The van der Waals surface area contributed by atoms with Crippen molar-refractivity contribution in [2.24, 2.45) is 0 Å². The van der Waals surface area contributed by atoms with Gasteiger partial charge in [0, 0.05) is 38.5 Å². The van der Waals surface area contributed by atoms with Crippen LogP contribution in [0.15, 0.2) is 18.2 Å². The van der Waals surface area contributed by atoms with E-state index in [0.29, 0.717) is 19.1 Å². The van der Waals surface area contributed by atoms with Crippen molar-refractivity contribution in [3.63, 3.8) is 0 Å². The molecule has 0 bridgehead atoms. The van der Waals surface area contributed by atoms with Gasteiger partial charge in [-0.2, -0.15) is 0 Å². The Hall–Kier alpha value is -1.95. The van der Waals surface area contributed by atoms with Crippen LogP contribution in [0, 0.1) is 12.7 Å². The molecule has 0 saturated carbocycles. The van der Waals surface area contributed by atoms with Gasteiger partial charge in [0.15, 0.2) is 0 Å². The summed E-state index contributed by atoms with van der Waals surface area (Å²) in [6, 6.07) is 4.87. The second kappa shape index (κ2) is 8.06. The molecule has 1 atom stereocenters. The molecular formula is C17H24FN3O2. The quantitative estimate of drug-likeness (QED) is 0.873. The number of nitrogens with zero attached hydrogens (tertiary/aromatic N) is 1. The van der Waals surface area contributed by atoms with Crippen molar-refractivity contribution in [1.29, 1.82) is 0 Å². The van der Waals surface area contributed by atoms with E-state index in [0.717, 1.165) is 18.5 Å². The topological polar surface area (TPSA) is 61.4 Å². The van der Waals surface area contributed by atoms with Crippen LogP contribution >= 0.6 is 0 Å². The van der Waals surface area contributed by atoms with Crippen LogP contribution in [0.5, 0.6) is 0 Å². The zero-order valence-corrected chi connectivity index (χ0v) is 13.7. The number of hydrogen-bond donors (Lipinski definition) is 2. The van der Waals surface area contributed by atoms with E-state index >= 15 is 0 Å². The van der Waals surface area contributed by atoms with Crippen LogP contribution in [0.25, 0.3) is 0 Å². The Bertz CT molecular complexity index is 577. The van der Waals surface area contributed by atoms with E-state index in [4.69, 9.17) is 0 Å². The molecule has 0 aliphatic carbocycles. The summed E-state index contributed by atoms with van der Waals surface area (Å²) in [5.41, 5.74) is 1.03. The number of nitrogens with one attached hydrogen (secondary N) is 2. The van der Waals surface area contributed by atoms with E-state index in [9.17, 15) is 14.0 Å². The maximum absolute atomic E-state index is 13.6. The monoisotopic (exact) mass is 321 g/mol. The number of anilines is 1. The molecule has 23 heavy (non-hydrogen) atoms. The Balaban J connectivity index is 1.82. The molecule has 1 aliphatic rings. The molecule has 0 spiro atoms. The molecule has 2 amide bonds. The van der Waals surface area contributed by atoms with Crippen LogP contribution in [-0.2, 0) is 9.59 Å². The summed E-state index contributed by atoms with van der Waals surface area (Å²) in [5.74, 6) is -0.835. The number of rotatable bonds is 5. The molecule has 126 valence electrons.